The molecule has 1 unspecified atom stereocenters. The third-order valence-corrected chi connectivity index (χ3v) is 3.06. The van der Waals surface area contributed by atoms with Crippen molar-refractivity contribution in [3.63, 3.8) is 0 Å². The second kappa shape index (κ2) is 5.47. The molecule has 0 saturated carbocycles. The van der Waals surface area contributed by atoms with E-state index in [0.717, 1.165) is 24.8 Å². The summed E-state index contributed by atoms with van der Waals surface area (Å²) in [5, 5.41) is 0. The molecular weight excluding hydrogens is 245 g/mol. The van der Waals surface area contributed by atoms with E-state index in [0.29, 0.717) is 4.47 Å². The van der Waals surface area contributed by atoms with Crippen LogP contribution in [0.25, 0.3) is 0 Å². The molecule has 0 saturated heterocycles. The van der Waals surface area contributed by atoms with E-state index < -0.39 is 0 Å². The van der Waals surface area contributed by atoms with Crippen LogP contribution >= 0.6 is 15.9 Å². The molecule has 0 aromatic heterocycles. The summed E-state index contributed by atoms with van der Waals surface area (Å²) in [4.78, 5) is 0. The summed E-state index contributed by atoms with van der Waals surface area (Å²) in [6.07, 6.45) is 2.77. The van der Waals surface area contributed by atoms with Gasteiger partial charge in [0.05, 0.1) is 4.47 Å². The van der Waals surface area contributed by atoms with Crippen LogP contribution in [0.15, 0.2) is 22.7 Å². The third kappa shape index (κ3) is 3.07. The molecule has 0 aliphatic rings. The van der Waals surface area contributed by atoms with Crippen molar-refractivity contribution in [1.82, 2.24) is 0 Å². The van der Waals surface area contributed by atoms with Crippen LogP contribution in [-0.4, -0.2) is 6.04 Å². The predicted molar refractivity (Wildman–Crippen MR) is 60.7 cm³/mol. The lowest BCUT2D eigenvalue weighted by molar-refractivity contribution is 0.587. The Morgan fingerprint density at radius 1 is 1.50 bits per heavy atom. The van der Waals surface area contributed by atoms with Gasteiger partial charge in [-0.05, 0) is 40.4 Å². The highest BCUT2D eigenvalue weighted by Crippen LogP contribution is 2.21. The predicted octanol–water partition coefficient (Wildman–Crippen LogP) is 3.26. The largest absolute Gasteiger partial charge is 0.327 e. The number of nitrogens with two attached hydrogens (primary N) is 1. The monoisotopic (exact) mass is 259 g/mol. The molecular formula is C11H15BrFN. The normalized spacial score (nSPS) is 12.9. The fourth-order valence-electron chi connectivity index (χ4n) is 1.46. The molecule has 0 radical (unpaired) electrons. The van der Waals surface area contributed by atoms with E-state index in [1.54, 1.807) is 6.07 Å². The van der Waals surface area contributed by atoms with Crippen molar-refractivity contribution in [2.75, 3.05) is 0 Å². The Kier molecular flexibility index (Phi) is 4.55. The molecule has 0 fully saturated rings. The third-order valence-electron chi connectivity index (χ3n) is 2.17. The number of benzene rings is 1. The molecule has 0 aliphatic carbocycles. The lowest BCUT2D eigenvalue weighted by atomic mass is 10.0. The van der Waals surface area contributed by atoms with Gasteiger partial charge >= 0.3 is 0 Å². The van der Waals surface area contributed by atoms with Gasteiger partial charge in [0, 0.05) is 6.04 Å². The maximum atomic E-state index is 13.1. The van der Waals surface area contributed by atoms with E-state index in [1.807, 2.05) is 6.07 Å². The van der Waals surface area contributed by atoms with E-state index in [2.05, 4.69) is 22.9 Å². The van der Waals surface area contributed by atoms with Crippen molar-refractivity contribution in [3.8, 4) is 0 Å². The summed E-state index contributed by atoms with van der Waals surface area (Å²) in [7, 11) is 0. The number of hydrogen-bond donors (Lipinski definition) is 1. The molecule has 0 spiro atoms. The average Bonchev–Trinajstić information content (AvgIpc) is 2.13. The minimum absolute atomic E-state index is 0.123. The fraction of sp³-hybridized carbons (Fsp3) is 0.455. The minimum atomic E-state index is -0.216. The first-order valence-electron chi connectivity index (χ1n) is 4.83. The molecule has 0 amide bonds. The summed E-state index contributed by atoms with van der Waals surface area (Å²) in [6.45, 7) is 2.10. The zero-order valence-corrected chi connectivity index (χ0v) is 9.85. The van der Waals surface area contributed by atoms with Crippen molar-refractivity contribution in [2.45, 2.75) is 32.2 Å². The van der Waals surface area contributed by atoms with Crippen LogP contribution in [0.5, 0.6) is 0 Å². The van der Waals surface area contributed by atoms with Crippen molar-refractivity contribution >= 4 is 15.9 Å². The molecule has 1 aromatic rings. The molecule has 1 nitrogen and oxygen atoms in total. The SMILES string of the molecule is CCCC(N)Cc1cccc(F)c1Br. The lowest BCUT2D eigenvalue weighted by Gasteiger charge is -2.11. The van der Waals surface area contributed by atoms with Gasteiger partial charge < -0.3 is 5.73 Å². The van der Waals surface area contributed by atoms with E-state index >= 15 is 0 Å². The van der Waals surface area contributed by atoms with Gasteiger partial charge in [0.2, 0.25) is 0 Å². The molecule has 3 heteroatoms. The first-order chi connectivity index (χ1) is 6.65. The topological polar surface area (TPSA) is 26.0 Å². The fourth-order valence-corrected chi connectivity index (χ4v) is 1.89. The zero-order valence-electron chi connectivity index (χ0n) is 8.26. The Labute approximate surface area is 92.6 Å². The molecule has 1 atom stereocenters. The molecule has 1 aromatic carbocycles. The van der Waals surface area contributed by atoms with Crippen LogP contribution in [0.3, 0.4) is 0 Å². The van der Waals surface area contributed by atoms with Crippen molar-refractivity contribution in [3.05, 3.63) is 34.1 Å². The number of hydrogen-bond acceptors (Lipinski definition) is 1. The van der Waals surface area contributed by atoms with Gasteiger partial charge in [0.1, 0.15) is 5.82 Å². The maximum Gasteiger partial charge on any atom is 0.137 e. The van der Waals surface area contributed by atoms with Crippen LogP contribution < -0.4 is 5.73 Å². The second-order valence-electron chi connectivity index (χ2n) is 3.47. The molecule has 0 aliphatic heterocycles. The van der Waals surface area contributed by atoms with E-state index in [9.17, 15) is 4.39 Å². The van der Waals surface area contributed by atoms with Crippen molar-refractivity contribution in [2.24, 2.45) is 5.73 Å². The molecule has 0 heterocycles. The van der Waals surface area contributed by atoms with Crippen molar-refractivity contribution in [1.29, 1.82) is 0 Å². The van der Waals surface area contributed by atoms with Gasteiger partial charge in [-0.2, -0.15) is 0 Å². The molecule has 2 N–H and O–H groups in total. The quantitative estimate of drug-likeness (QED) is 0.883. The average molecular weight is 260 g/mol. The number of halogens is 2. The first kappa shape index (κ1) is 11.7. The molecule has 78 valence electrons. The highest BCUT2D eigenvalue weighted by molar-refractivity contribution is 9.10. The van der Waals surface area contributed by atoms with Crippen LogP contribution in [0, 0.1) is 5.82 Å². The summed E-state index contributed by atoms with van der Waals surface area (Å²) < 4.78 is 13.7. The van der Waals surface area contributed by atoms with Crippen LogP contribution in [0.2, 0.25) is 0 Å². The molecule has 1 rings (SSSR count). The van der Waals surface area contributed by atoms with Crippen LogP contribution in [0.4, 0.5) is 4.39 Å². The molecule has 14 heavy (non-hydrogen) atoms. The minimum Gasteiger partial charge on any atom is -0.327 e. The van der Waals surface area contributed by atoms with Crippen molar-refractivity contribution < 1.29 is 4.39 Å². The first-order valence-corrected chi connectivity index (χ1v) is 5.63. The highest BCUT2D eigenvalue weighted by atomic mass is 79.9. The summed E-state index contributed by atoms with van der Waals surface area (Å²) in [5.74, 6) is -0.216. The van der Waals surface area contributed by atoms with Gasteiger partial charge in [0.15, 0.2) is 0 Å². The van der Waals surface area contributed by atoms with Crippen LogP contribution in [-0.2, 0) is 6.42 Å². The Balaban J connectivity index is 2.71. The zero-order chi connectivity index (χ0) is 10.6. The smallest absolute Gasteiger partial charge is 0.137 e. The summed E-state index contributed by atoms with van der Waals surface area (Å²) >= 11 is 3.23. The summed E-state index contributed by atoms with van der Waals surface area (Å²) in [5.41, 5.74) is 6.84. The Hall–Kier alpha value is -0.410. The van der Waals surface area contributed by atoms with Gasteiger partial charge in [-0.15, -0.1) is 0 Å². The molecule has 0 bridgehead atoms. The standard InChI is InChI=1S/C11H15BrFN/c1-2-4-9(14)7-8-5-3-6-10(13)11(8)12/h3,5-6,9H,2,4,7,14H2,1H3. The van der Waals surface area contributed by atoms with E-state index in [4.69, 9.17) is 5.73 Å². The highest BCUT2D eigenvalue weighted by Gasteiger charge is 2.08. The lowest BCUT2D eigenvalue weighted by Crippen LogP contribution is -2.22. The Morgan fingerprint density at radius 3 is 2.86 bits per heavy atom. The van der Waals surface area contributed by atoms with E-state index in [-0.39, 0.29) is 11.9 Å². The Morgan fingerprint density at radius 2 is 2.21 bits per heavy atom. The summed E-state index contributed by atoms with van der Waals surface area (Å²) in [6, 6.07) is 5.19. The van der Waals surface area contributed by atoms with Gasteiger partial charge in [0.25, 0.3) is 0 Å². The second-order valence-corrected chi connectivity index (χ2v) is 4.26. The van der Waals surface area contributed by atoms with Gasteiger partial charge in [-0.25, -0.2) is 4.39 Å². The van der Waals surface area contributed by atoms with Gasteiger partial charge in [-0.3, -0.25) is 0 Å². The number of rotatable bonds is 4. The maximum absolute atomic E-state index is 13.1. The Bertz CT molecular complexity index is 301. The van der Waals surface area contributed by atoms with Crippen LogP contribution in [0.1, 0.15) is 25.3 Å². The van der Waals surface area contributed by atoms with E-state index in [1.165, 1.54) is 6.07 Å². The van der Waals surface area contributed by atoms with Gasteiger partial charge in [-0.1, -0.05) is 25.5 Å².